The summed E-state index contributed by atoms with van der Waals surface area (Å²) in [5, 5.41) is 8.60. The van der Waals surface area contributed by atoms with Gasteiger partial charge in [0, 0.05) is 20.2 Å². The third kappa shape index (κ3) is 2.03. The van der Waals surface area contributed by atoms with Crippen molar-refractivity contribution in [2.45, 2.75) is 6.92 Å². The van der Waals surface area contributed by atoms with Crippen LogP contribution in [0.4, 0.5) is 5.82 Å². The number of hydrogen-bond donors (Lipinski definition) is 1. The number of rotatable bonds is 2. The largest absolute Gasteiger partial charge is 0.475 e. The standard InChI is InChI=1S/C8H9N3O3/c1-5(12)11(2)6-3-4-9-7(10-6)8(13)14/h3-4H,1-2H3,(H,13,14). The van der Waals surface area contributed by atoms with Crippen LogP contribution < -0.4 is 4.90 Å². The minimum Gasteiger partial charge on any atom is -0.475 e. The molecule has 0 aliphatic heterocycles. The Morgan fingerprint density at radius 3 is 2.64 bits per heavy atom. The number of aromatic nitrogens is 2. The average molecular weight is 195 g/mol. The van der Waals surface area contributed by atoms with Gasteiger partial charge in [0.1, 0.15) is 5.82 Å². The molecular formula is C8H9N3O3. The van der Waals surface area contributed by atoms with Crippen LogP contribution in [-0.2, 0) is 4.79 Å². The lowest BCUT2D eigenvalue weighted by Crippen LogP contribution is -2.24. The number of carboxylic acids is 1. The molecule has 6 heteroatoms. The van der Waals surface area contributed by atoms with Crippen molar-refractivity contribution >= 4 is 17.7 Å². The van der Waals surface area contributed by atoms with Gasteiger partial charge in [0.2, 0.25) is 11.7 Å². The summed E-state index contributed by atoms with van der Waals surface area (Å²) in [5.41, 5.74) is 0. The molecule has 0 aromatic carbocycles. The van der Waals surface area contributed by atoms with Crippen molar-refractivity contribution in [1.29, 1.82) is 0 Å². The molecule has 14 heavy (non-hydrogen) atoms. The summed E-state index contributed by atoms with van der Waals surface area (Å²) < 4.78 is 0. The van der Waals surface area contributed by atoms with Crippen molar-refractivity contribution < 1.29 is 14.7 Å². The maximum absolute atomic E-state index is 10.9. The van der Waals surface area contributed by atoms with E-state index in [2.05, 4.69) is 9.97 Å². The fourth-order valence-electron chi connectivity index (χ4n) is 0.800. The Bertz CT molecular complexity index is 378. The number of hydrogen-bond acceptors (Lipinski definition) is 4. The highest BCUT2D eigenvalue weighted by atomic mass is 16.4. The van der Waals surface area contributed by atoms with E-state index in [1.54, 1.807) is 0 Å². The van der Waals surface area contributed by atoms with Crippen LogP contribution in [0.25, 0.3) is 0 Å². The molecule has 0 fully saturated rings. The van der Waals surface area contributed by atoms with Gasteiger partial charge in [-0.2, -0.15) is 0 Å². The molecule has 0 aliphatic carbocycles. The highest BCUT2D eigenvalue weighted by molar-refractivity contribution is 5.90. The first-order valence-corrected chi connectivity index (χ1v) is 3.83. The normalized spacial score (nSPS) is 9.57. The Morgan fingerprint density at radius 2 is 2.14 bits per heavy atom. The van der Waals surface area contributed by atoms with Gasteiger partial charge in [0.25, 0.3) is 0 Å². The Morgan fingerprint density at radius 1 is 1.50 bits per heavy atom. The van der Waals surface area contributed by atoms with Crippen LogP contribution in [0.3, 0.4) is 0 Å². The average Bonchev–Trinajstić information content (AvgIpc) is 2.16. The van der Waals surface area contributed by atoms with Crippen LogP contribution in [0.15, 0.2) is 12.3 Å². The molecule has 0 atom stereocenters. The second kappa shape index (κ2) is 3.82. The molecule has 0 saturated carbocycles. The summed E-state index contributed by atoms with van der Waals surface area (Å²) in [6.07, 6.45) is 1.30. The van der Waals surface area contributed by atoms with Gasteiger partial charge < -0.3 is 10.0 Å². The SMILES string of the molecule is CC(=O)N(C)c1ccnc(C(=O)O)n1. The second-order valence-electron chi connectivity index (χ2n) is 2.62. The number of amides is 1. The van der Waals surface area contributed by atoms with Gasteiger partial charge in [-0.1, -0.05) is 0 Å². The van der Waals surface area contributed by atoms with Gasteiger partial charge in [-0.05, 0) is 6.07 Å². The molecule has 1 aromatic rings. The fourth-order valence-corrected chi connectivity index (χ4v) is 0.800. The third-order valence-electron chi connectivity index (χ3n) is 1.65. The van der Waals surface area contributed by atoms with Crippen molar-refractivity contribution in [3.63, 3.8) is 0 Å². The molecule has 1 rings (SSSR count). The topological polar surface area (TPSA) is 83.4 Å². The molecule has 6 nitrogen and oxygen atoms in total. The molecule has 1 heterocycles. The summed E-state index contributed by atoms with van der Waals surface area (Å²) in [5.74, 6) is -1.50. The van der Waals surface area contributed by atoms with E-state index < -0.39 is 5.97 Å². The number of nitrogens with zero attached hydrogens (tertiary/aromatic N) is 3. The third-order valence-corrected chi connectivity index (χ3v) is 1.65. The molecule has 74 valence electrons. The minimum atomic E-state index is -1.22. The quantitative estimate of drug-likeness (QED) is 0.726. The fraction of sp³-hybridized carbons (Fsp3) is 0.250. The van der Waals surface area contributed by atoms with Crippen molar-refractivity contribution in [1.82, 2.24) is 9.97 Å². The number of carbonyl (C=O) groups excluding carboxylic acids is 1. The first-order valence-electron chi connectivity index (χ1n) is 3.83. The van der Waals surface area contributed by atoms with Gasteiger partial charge >= 0.3 is 5.97 Å². The van der Waals surface area contributed by atoms with E-state index in [-0.39, 0.29) is 17.5 Å². The lowest BCUT2D eigenvalue weighted by Gasteiger charge is -2.12. The smallest absolute Gasteiger partial charge is 0.374 e. The van der Waals surface area contributed by atoms with Crippen molar-refractivity contribution in [2.24, 2.45) is 0 Å². The minimum absolute atomic E-state index is 0.222. The van der Waals surface area contributed by atoms with Gasteiger partial charge in [0.15, 0.2) is 0 Å². The zero-order valence-corrected chi connectivity index (χ0v) is 7.76. The second-order valence-corrected chi connectivity index (χ2v) is 2.62. The number of carboxylic acid groups (broad SMARTS) is 1. The van der Waals surface area contributed by atoms with Gasteiger partial charge in [0.05, 0.1) is 0 Å². The molecule has 1 amide bonds. The summed E-state index contributed by atoms with van der Waals surface area (Å²) >= 11 is 0. The number of carbonyl (C=O) groups is 2. The highest BCUT2D eigenvalue weighted by Crippen LogP contribution is 2.07. The van der Waals surface area contributed by atoms with Crippen LogP contribution in [0.1, 0.15) is 17.5 Å². The van der Waals surface area contributed by atoms with Crippen LogP contribution in [-0.4, -0.2) is 34.0 Å². The van der Waals surface area contributed by atoms with Crippen LogP contribution in [0.2, 0.25) is 0 Å². The summed E-state index contributed by atoms with van der Waals surface area (Å²) in [7, 11) is 1.51. The first-order chi connectivity index (χ1) is 6.52. The van der Waals surface area contributed by atoms with Crippen molar-refractivity contribution in [2.75, 3.05) is 11.9 Å². The zero-order chi connectivity index (χ0) is 10.7. The maximum atomic E-state index is 10.9. The van der Waals surface area contributed by atoms with Crippen molar-refractivity contribution in [3.8, 4) is 0 Å². The van der Waals surface area contributed by atoms with Gasteiger partial charge in [-0.15, -0.1) is 0 Å². The van der Waals surface area contributed by atoms with E-state index in [4.69, 9.17) is 5.11 Å². The lowest BCUT2D eigenvalue weighted by atomic mass is 10.4. The van der Waals surface area contributed by atoms with E-state index in [0.717, 1.165) is 0 Å². The molecule has 0 unspecified atom stereocenters. The van der Waals surface area contributed by atoms with E-state index in [0.29, 0.717) is 0 Å². The summed E-state index contributed by atoms with van der Waals surface area (Å²) in [6, 6.07) is 1.47. The van der Waals surface area contributed by atoms with E-state index in [9.17, 15) is 9.59 Å². The Labute approximate surface area is 80.2 Å². The van der Waals surface area contributed by atoms with Gasteiger partial charge in [-0.3, -0.25) is 4.79 Å². The van der Waals surface area contributed by atoms with Crippen LogP contribution >= 0.6 is 0 Å². The van der Waals surface area contributed by atoms with Crippen LogP contribution in [0.5, 0.6) is 0 Å². The predicted molar refractivity (Wildman–Crippen MR) is 48.1 cm³/mol. The summed E-state index contributed by atoms with van der Waals surface area (Å²) in [4.78, 5) is 29.9. The Hall–Kier alpha value is -1.98. The van der Waals surface area contributed by atoms with Gasteiger partial charge in [-0.25, -0.2) is 14.8 Å². The molecule has 0 aliphatic rings. The molecule has 0 spiro atoms. The Balaban J connectivity index is 3.05. The number of aromatic carboxylic acids is 1. The van der Waals surface area contributed by atoms with E-state index >= 15 is 0 Å². The predicted octanol–water partition coefficient (Wildman–Crippen LogP) is 0.157. The van der Waals surface area contributed by atoms with Crippen LogP contribution in [0, 0.1) is 0 Å². The van der Waals surface area contributed by atoms with E-state index in [1.807, 2.05) is 0 Å². The van der Waals surface area contributed by atoms with Crippen molar-refractivity contribution in [3.05, 3.63) is 18.1 Å². The van der Waals surface area contributed by atoms with E-state index in [1.165, 1.54) is 31.1 Å². The molecule has 0 bridgehead atoms. The first kappa shape index (κ1) is 10.1. The molecular weight excluding hydrogens is 186 g/mol. The summed E-state index contributed by atoms with van der Waals surface area (Å²) in [6.45, 7) is 1.36. The molecule has 0 radical (unpaired) electrons. The molecule has 0 saturated heterocycles. The monoisotopic (exact) mass is 195 g/mol. The number of anilines is 1. The maximum Gasteiger partial charge on any atom is 0.374 e. The Kier molecular flexibility index (Phi) is 2.76. The molecule has 1 N–H and O–H groups in total. The lowest BCUT2D eigenvalue weighted by molar-refractivity contribution is -0.116. The zero-order valence-electron chi connectivity index (χ0n) is 7.76. The highest BCUT2D eigenvalue weighted by Gasteiger charge is 2.11. The molecule has 1 aromatic heterocycles.